The first kappa shape index (κ1) is 17.2. The highest BCUT2D eigenvalue weighted by atomic mass is 32.1. The molecule has 1 aromatic rings. The van der Waals surface area contributed by atoms with Crippen LogP contribution in [0, 0.1) is 0 Å². The van der Waals surface area contributed by atoms with Gasteiger partial charge in [0.1, 0.15) is 0 Å². The van der Waals surface area contributed by atoms with E-state index in [-0.39, 0.29) is 18.6 Å². The van der Waals surface area contributed by atoms with Crippen molar-refractivity contribution in [1.82, 2.24) is 15.5 Å². The zero-order chi connectivity index (χ0) is 15.8. The molecule has 1 aliphatic rings. The van der Waals surface area contributed by atoms with Gasteiger partial charge >= 0.3 is 6.03 Å². The number of hydrogen-bond acceptors (Lipinski definition) is 4. The third-order valence-electron chi connectivity index (χ3n) is 4.13. The summed E-state index contributed by atoms with van der Waals surface area (Å²) in [6, 6.07) is 1.94. The van der Waals surface area contributed by atoms with Gasteiger partial charge in [0, 0.05) is 25.7 Å². The highest BCUT2D eigenvalue weighted by Crippen LogP contribution is 2.15. The number of urea groups is 1. The van der Waals surface area contributed by atoms with Gasteiger partial charge in [-0.05, 0) is 48.2 Å². The van der Waals surface area contributed by atoms with Gasteiger partial charge < -0.3 is 20.6 Å². The van der Waals surface area contributed by atoms with Gasteiger partial charge in [-0.1, -0.05) is 13.3 Å². The average molecular weight is 325 g/mol. The zero-order valence-electron chi connectivity index (χ0n) is 13.3. The molecule has 22 heavy (non-hydrogen) atoms. The maximum absolute atomic E-state index is 11.9. The predicted octanol–water partition coefficient (Wildman–Crippen LogP) is 2.35. The van der Waals surface area contributed by atoms with Gasteiger partial charge in [0.05, 0.1) is 6.10 Å². The molecule has 3 N–H and O–H groups in total. The molecule has 124 valence electrons. The Bertz CT molecular complexity index is 431. The molecule has 1 atom stereocenters. The molecule has 5 nitrogen and oxygen atoms in total. The number of rotatable bonds is 7. The lowest BCUT2D eigenvalue weighted by Crippen LogP contribution is -2.48. The van der Waals surface area contributed by atoms with E-state index in [4.69, 9.17) is 0 Å². The molecule has 2 rings (SSSR count). The van der Waals surface area contributed by atoms with E-state index < -0.39 is 6.10 Å². The number of thiophene rings is 1. The van der Waals surface area contributed by atoms with E-state index in [2.05, 4.69) is 22.5 Å². The lowest BCUT2D eigenvalue weighted by atomic mass is 10.0. The van der Waals surface area contributed by atoms with E-state index in [1.54, 1.807) is 11.3 Å². The molecule has 6 heteroatoms. The van der Waals surface area contributed by atoms with Gasteiger partial charge in [0.15, 0.2) is 0 Å². The first-order valence-corrected chi connectivity index (χ1v) is 9.10. The largest absolute Gasteiger partial charge is 0.387 e. The second-order valence-electron chi connectivity index (χ2n) is 5.90. The van der Waals surface area contributed by atoms with E-state index in [1.807, 2.05) is 16.8 Å². The van der Waals surface area contributed by atoms with Gasteiger partial charge in [-0.3, -0.25) is 0 Å². The summed E-state index contributed by atoms with van der Waals surface area (Å²) in [5.74, 6) is 0. The van der Waals surface area contributed by atoms with Crippen LogP contribution in [0.5, 0.6) is 0 Å². The molecule has 0 radical (unpaired) electrons. The second kappa shape index (κ2) is 9.12. The fourth-order valence-electron chi connectivity index (χ4n) is 2.69. The van der Waals surface area contributed by atoms with Crippen molar-refractivity contribution in [2.45, 2.75) is 44.8 Å². The lowest BCUT2D eigenvalue weighted by molar-refractivity contribution is 0.168. The fraction of sp³-hybridized carbons (Fsp3) is 0.688. The number of carbonyl (C=O) groups excluding carboxylic acids is 1. The number of aliphatic hydroxyl groups excluding tert-OH is 1. The Kier molecular flexibility index (Phi) is 7.15. The molecule has 0 aliphatic carbocycles. The highest BCUT2D eigenvalue weighted by molar-refractivity contribution is 7.07. The Morgan fingerprint density at radius 2 is 2.27 bits per heavy atom. The topological polar surface area (TPSA) is 64.6 Å². The van der Waals surface area contributed by atoms with Gasteiger partial charge in [-0.15, -0.1) is 0 Å². The van der Waals surface area contributed by atoms with E-state index >= 15 is 0 Å². The number of nitrogens with zero attached hydrogens (tertiary/aromatic N) is 1. The van der Waals surface area contributed by atoms with Crippen molar-refractivity contribution in [3.8, 4) is 0 Å². The van der Waals surface area contributed by atoms with Crippen molar-refractivity contribution in [3.05, 3.63) is 22.4 Å². The molecular formula is C16H27N3O2S. The van der Waals surface area contributed by atoms with Gasteiger partial charge in [0.2, 0.25) is 0 Å². The minimum Gasteiger partial charge on any atom is -0.387 e. The van der Waals surface area contributed by atoms with Crippen molar-refractivity contribution in [2.24, 2.45) is 0 Å². The number of aliphatic hydroxyl groups is 1. The maximum Gasteiger partial charge on any atom is 0.315 e. The van der Waals surface area contributed by atoms with Gasteiger partial charge in [0.25, 0.3) is 0 Å². The van der Waals surface area contributed by atoms with Crippen molar-refractivity contribution >= 4 is 17.4 Å². The zero-order valence-corrected chi connectivity index (χ0v) is 14.1. The van der Waals surface area contributed by atoms with Gasteiger partial charge in [-0.25, -0.2) is 4.79 Å². The minimum atomic E-state index is -0.632. The number of hydrogen-bond donors (Lipinski definition) is 3. The maximum atomic E-state index is 11.9. The fourth-order valence-corrected chi connectivity index (χ4v) is 3.40. The smallest absolute Gasteiger partial charge is 0.315 e. The normalized spacial score (nSPS) is 18.1. The number of piperidine rings is 1. The number of amides is 2. The van der Waals surface area contributed by atoms with Crippen LogP contribution in [0.1, 0.15) is 44.3 Å². The third kappa shape index (κ3) is 5.59. The van der Waals surface area contributed by atoms with Crippen molar-refractivity contribution in [3.63, 3.8) is 0 Å². The Morgan fingerprint density at radius 1 is 1.50 bits per heavy atom. The average Bonchev–Trinajstić information content (AvgIpc) is 3.06. The summed E-state index contributed by atoms with van der Waals surface area (Å²) in [6.07, 6.45) is 3.86. The lowest BCUT2D eigenvalue weighted by Gasteiger charge is -2.32. The summed E-state index contributed by atoms with van der Waals surface area (Å²) in [7, 11) is 0. The Balaban J connectivity index is 1.61. The molecular weight excluding hydrogens is 298 g/mol. The number of nitrogens with one attached hydrogen (secondary N) is 2. The SMILES string of the molecule is CCCCN1CCC(NC(=O)NCC(O)c2ccsc2)CC1. The van der Waals surface area contributed by atoms with Crippen LogP contribution in [0.15, 0.2) is 16.8 Å². The molecule has 0 aromatic carbocycles. The summed E-state index contributed by atoms with van der Waals surface area (Å²) >= 11 is 1.54. The van der Waals surface area contributed by atoms with Crippen LogP contribution in [0.3, 0.4) is 0 Å². The van der Waals surface area contributed by atoms with Crippen LogP contribution >= 0.6 is 11.3 Å². The molecule has 0 spiro atoms. The first-order valence-electron chi connectivity index (χ1n) is 8.16. The molecule has 2 heterocycles. The highest BCUT2D eigenvalue weighted by Gasteiger charge is 2.20. The van der Waals surface area contributed by atoms with Crippen LogP contribution in [-0.4, -0.2) is 48.3 Å². The molecule has 1 aliphatic heterocycles. The van der Waals surface area contributed by atoms with E-state index in [9.17, 15) is 9.90 Å². The summed E-state index contributed by atoms with van der Waals surface area (Å²) in [5.41, 5.74) is 0.856. The minimum absolute atomic E-state index is 0.179. The van der Waals surface area contributed by atoms with Crippen LogP contribution < -0.4 is 10.6 Å². The Morgan fingerprint density at radius 3 is 2.91 bits per heavy atom. The molecule has 2 amide bonds. The molecule has 1 unspecified atom stereocenters. The molecule has 0 bridgehead atoms. The van der Waals surface area contributed by atoms with Crippen molar-refractivity contribution in [1.29, 1.82) is 0 Å². The summed E-state index contributed by atoms with van der Waals surface area (Å²) < 4.78 is 0. The van der Waals surface area contributed by atoms with E-state index in [0.717, 1.165) is 31.5 Å². The molecule has 1 aromatic heterocycles. The third-order valence-corrected chi connectivity index (χ3v) is 4.84. The van der Waals surface area contributed by atoms with Crippen LogP contribution in [0.2, 0.25) is 0 Å². The Hall–Kier alpha value is -1.11. The first-order chi connectivity index (χ1) is 10.7. The monoisotopic (exact) mass is 325 g/mol. The quantitative estimate of drug-likeness (QED) is 0.721. The second-order valence-corrected chi connectivity index (χ2v) is 6.68. The predicted molar refractivity (Wildman–Crippen MR) is 90.2 cm³/mol. The van der Waals surface area contributed by atoms with Crippen LogP contribution in [0.4, 0.5) is 4.79 Å². The summed E-state index contributed by atoms with van der Waals surface area (Å²) in [4.78, 5) is 14.4. The van der Waals surface area contributed by atoms with Crippen LogP contribution in [0.25, 0.3) is 0 Å². The van der Waals surface area contributed by atoms with E-state index in [0.29, 0.717) is 0 Å². The number of unbranched alkanes of at least 4 members (excludes halogenated alkanes) is 1. The number of carbonyl (C=O) groups is 1. The molecule has 1 saturated heterocycles. The van der Waals surface area contributed by atoms with Crippen molar-refractivity contribution < 1.29 is 9.90 Å². The number of likely N-dealkylation sites (tertiary alicyclic amines) is 1. The molecule has 1 fully saturated rings. The van der Waals surface area contributed by atoms with Crippen LogP contribution in [-0.2, 0) is 0 Å². The van der Waals surface area contributed by atoms with E-state index in [1.165, 1.54) is 19.4 Å². The Labute approximate surface area is 136 Å². The standard InChI is InChI=1S/C16H27N3O2S/c1-2-3-7-19-8-4-14(5-9-19)18-16(21)17-11-15(20)13-6-10-22-12-13/h6,10,12,14-15,20H,2-5,7-9,11H2,1H3,(H2,17,18,21). The summed E-state index contributed by atoms with van der Waals surface area (Å²) in [5, 5.41) is 19.5. The van der Waals surface area contributed by atoms with Gasteiger partial charge in [-0.2, -0.15) is 11.3 Å². The summed E-state index contributed by atoms with van der Waals surface area (Å²) in [6.45, 7) is 5.74. The van der Waals surface area contributed by atoms with Crippen molar-refractivity contribution in [2.75, 3.05) is 26.2 Å². The molecule has 0 saturated carbocycles.